The molecule has 0 aliphatic heterocycles. The van der Waals surface area contributed by atoms with E-state index in [1.54, 1.807) is 18.3 Å². The fourth-order valence-electron chi connectivity index (χ4n) is 2.48. The summed E-state index contributed by atoms with van der Waals surface area (Å²) in [5, 5.41) is 0. The molecule has 0 aromatic carbocycles. The van der Waals surface area contributed by atoms with Gasteiger partial charge < -0.3 is 4.57 Å². The largest absolute Gasteiger partial charge is 0.324 e. The zero-order valence-corrected chi connectivity index (χ0v) is 13.5. The molecule has 0 saturated carbocycles. The zero-order valence-electron chi connectivity index (χ0n) is 11.9. The quantitative estimate of drug-likeness (QED) is 0.517. The van der Waals surface area contributed by atoms with Crippen LogP contribution in [-0.4, -0.2) is 23.9 Å². The van der Waals surface area contributed by atoms with E-state index in [1.165, 1.54) is 6.07 Å². The average Bonchev–Trinajstić information content (AvgIpc) is 3.14. The van der Waals surface area contributed by atoms with Gasteiger partial charge in [0.2, 0.25) is 5.95 Å². The summed E-state index contributed by atoms with van der Waals surface area (Å²) in [6.07, 6.45) is 5.45. The third kappa shape index (κ3) is 2.53. The van der Waals surface area contributed by atoms with Gasteiger partial charge in [-0.2, -0.15) is 4.39 Å². The smallest absolute Gasteiger partial charge is 0.213 e. The van der Waals surface area contributed by atoms with Gasteiger partial charge in [-0.05, 0) is 40.2 Å². The third-order valence-electron chi connectivity index (χ3n) is 3.52. The van der Waals surface area contributed by atoms with Gasteiger partial charge in [0, 0.05) is 18.6 Å². The molecular formula is C16H11BrFN5. The molecule has 0 N–H and O–H groups in total. The first-order chi connectivity index (χ1) is 11.2. The SMILES string of the molecule is Fc1cccc(-c2nccn2Cc2nc3ccccn3c2Br)n1. The Kier molecular flexibility index (Phi) is 3.42. The van der Waals surface area contributed by atoms with Crippen LogP contribution in [0.25, 0.3) is 17.2 Å². The second kappa shape index (κ2) is 5.58. The van der Waals surface area contributed by atoms with Crippen LogP contribution in [0, 0.1) is 5.95 Å². The molecule has 114 valence electrons. The molecule has 23 heavy (non-hydrogen) atoms. The number of halogens is 2. The van der Waals surface area contributed by atoms with Crippen LogP contribution in [-0.2, 0) is 6.54 Å². The van der Waals surface area contributed by atoms with Gasteiger partial charge in [-0.1, -0.05) is 12.1 Å². The summed E-state index contributed by atoms with van der Waals surface area (Å²) >= 11 is 3.58. The molecule has 0 saturated heterocycles. The fraction of sp³-hybridized carbons (Fsp3) is 0.0625. The molecule has 4 aromatic rings. The standard InChI is InChI=1S/C16H11BrFN5/c17-15-12(21-14-6-1-2-8-23(14)15)10-22-9-7-19-16(22)11-4-3-5-13(18)20-11/h1-9H,10H2. The van der Waals surface area contributed by atoms with Crippen molar-refractivity contribution in [2.75, 3.05) is 0 Å². The minimum atomic E-state index is -0.522. The van der Waals surface area contributed by atoms with E-state index in [2.05, 4.69) is 30.9 Å². The van der Waals surface area contributed by atoms with Gasteiger partial charge in [0.25, 0.3) is 0 Å². The van der Waals surface area contributed by atoms with E-state index in [0.29, 0.717) is 18.1 Å². The highest BCUT2D eigenvalue weighted by Crippen LogP contribution is 2.22. The Labute approximate surface area is 139 Å². The Morgan fingerprint density at radius 3 is 2.78 bits per heavy atom. The van der Waals surface area contributed by atoms with Crippen molar-refractivity contribution in [2.24, 2.45) is 0 Å². The molecular weight excluding hydrogens is 361 g/mol. The van der Waals surface area contributed by atoms with Crippen LogP contribution in [0.2, 0.25) is 0 Å². The molecule has 0 spiro atoms. The molecule has 4 heterocycles. The topological polar surface area (TPSA) is 48.0 Å². The summed E-state index contributed by atoms with van der Waals surface area (Å²) in [4.78, 5) is 12.8. The van der Waals surface area contributed by atoms with Gasteiger partial charge in [0.15, 0.2) is 5.82 Å². The van der Waals surface area contributed by atoms with E-state index in [9.17, 15) is 4.39 Å². The Morgan fingerprint density at radius 2 is 1.96 bits per heavy atom. The van der Waals surface area contributed by atoms with Gasteiger partial charge in [-0.3, -0.25) is 4.40 Å². The highest BCUT2D eigenvalue weighted by molar-refractivity contribution is 9.10. The van der Waals surface area contributed by atoms with E-state index < -0.39 is 5.95 Å². The summed E-state index contributed by atoms with van der Waals surface area (Å²) < 4.78 is 18.1. The molecule has 7 heteroatoms. The van der Waals surface area contributed by atoms with Crippen LogP contribution < -0.4 is 0 Å². The van der Waals surface area contributed by atoms with Crippen LogP contribution >= 0.6 is 15.9 Å². The van der Waals surface area contributed by atoms with Gasteiger partial charge >= 0.3 is 0 Å². The van der Waals surface area contributed by atoms with Crippen LogP contribution in [0.5, 0.6) is 0 Å². The van der Waals surface area contributed by atoms with Crippen molar-refractivity contribution < 1.29 is 4.39 Å². The van der Waals surface area contributed by atoms with E-state index in [-0.39, 0.29) is 0 Å². The van der Waals surface area contributed by atoms with Gasteiger partial charge in [0.05, 0.1) is 12.2 Å². The Balaban J connectivity index is 1.75. The molecule has 0 bridgehead atoms. The molecule has 4 rings (SSSR count). The zero-order chi connectivity index (χ0) is 15.8. The van der Waals surface area contributed by atoms with Crippen molar-refractivity contribution >= 4 is 21.6 Å². The lowest BCUT2D eigenvalue weighted by Crippen LogP contribution is -2.03. The number of pyridine rings is 2. The fourth-order valence-corrected chi connectivity index (χ4v) is 2.99. The predicted octanol–water partition coefficient (Wildman–Crippen LogP) is 3.54. The molecule has 0 unspecified atom stereocenters. The molecule has 0 atom stereocenters. The van der Waals surface area contributed by atoms with Crippen molar-refractivity contribution in [1.82, 2.24) is 23.9 Å². The number of fused-ring (bicyclic) bond motifs is 1. The Morgan fingerprint density at radius 1 is 1.04 bits per heavy atom. The summed E-state index contributed by atoms with van der Waals surface area (Å²) in [6, 6.07) is 10.5. The lowest BCUT2D eigenvalue weighted by atomic mass is 10.3. The average molecular weight is 372 g/mol. The highest BCUT2D eigenvalue weighted by Gasteiger charge is 2.13. The van der Waals surface area contributed by atoms with Crippen LogP contribution in [0.4, 0.5) is 4.39 Å². The maximum Gasteiger partial charge on any atom is 0.213 e. The number of hydrogen-bond acceptors (Lipinski definition) is 3. The van der Waals surface area contributed by atoms with Crippen molar-refractivity contribution in [3.63, 3.8) is 0 Å². The lowest BCUT2D eigenvalue weighted by molar-refractivity contribution is 0.584. The van der Waals surface area contributed by atoms with Crippen LogP contribution in [0.3, 0.4) is 0 Å². The highest BCUT2D eigenvalue weighted by atomic mass is 79.9. The minimum absolute atomic E-state index is 0.495. The first-order valence-electron chi connectivity index (χ1n) is 6.98. The predicted molar refractivity (Wildman–Crippen MR) is 87.4 cm³/mol. The number of nitrogens with zero attached hydrogens (tertiary/aromatic N) is 5. The summed E-state index contributed by atoms with van der Waals surface area (Å²) in [5.41, 5.74) is 2.22. The normalized spacial score (nSPS) is 11.2. The molecule has 0 radical (unpaired) electrons. The molecule has 0 amide bonds. The van der Waals surface area contributed by atoms with E-state index in [4.69, 9.17) is 0 Å². The molecule has 5 nitrogen and oxygen atoms in total. The first kappa shape index (κ1) is 14.1. The van der Waals surface area contributed by atoms with Gasteiger partial charge in [0.1, 0.15) is 15.9 Å². The number of hydrogen-bond donors (Lipinski definition) is 0. The first-order valence-corrected chi connectivity index (χ1v) is 7.77. The Bertz CT molecular complexity index is 991. The monoisotopic (exact) mass is 371 g/mol. The van der Waals surface area contributed by atoms with Crippen LogP contribution in [0.15, 0.2) is 59.6 Å². The van der Waals surface area contributed by atoms with E-state index in [0.717, 1.165) is 15.9 Å². The number of aromatic nitrogens is 5. The molecule has 0 aliphatic rings. The van der Waals surface area contributed by atoms with Gasteiger partial charge in [-0.15, -0.1) is 0 Å². The number of rotatable bonds is 3. The third-order valence-corrected chi connectivity index (χ3v) is 4.36. The summed E-state index contributed by atoms with van der Waals surface area (Å²) in [7, 11) is 0. The summed E-state index contributed by atoms with van der Waals surface area (Å²) in [5.74, 6) is 0.0828. The van der Waals surface area contributed by atoms with Crippen molar-refractivity contribution in [2.45, 2.75) is 6.54 Å². The molecule has 0 fully saturated rings. The lowest BCUT2D eigenvalue weighted by Gasteiger charge is -2.06. The maximum absolute atomic E-state index is 13.4. The summed E-state index contributed by atoms with van der Waals surface area (Å²) in [6.45, 7) is 0.510. The Hall–Kier alpha value is -2.54. The second-order valence-electron chi connectivity index (χ2n) is 5.00. The molecule has 0 aliphatic carbocycles. The maximum atomic E-state index is 13.4. The number of imidazole rings is 2. The van der Waals surface area contributed by atoms with E-state index >= 15 is 0 Å². The molecule has 4 aromatic heterocycles. The van der Waals surface area contributed by atoms with Crippen molar-refractivity contribution in [3.05, 3.63) is 71.2 Å². The van der Waals surface area contributed by atoms with Crippen LogP contribution in [0.1, 0.15) is 5.69 Å². The van der Waals surface area contributed by atoms with Crippen molar-refractivity contribution in [1.29, 1.82) is 0 Å². The van der Waals surface area contributed by atoms with Crippen molar-refractivity contribution in [3.8, 4) is 11.5 Å². The van der Waals surface area contributed by atoms with Gasteiger partial charge in [-0.25, -0.2) is 15.0 Å². The minimum Gasteiger partial charge on any atom is -0.324 e. The second-order valence-corrected chi connectivity index (χ2v) is 5.75. The van der Waals surface area contributed by atoms with E-state index in [1.807, 2.05) is 39.6 Å².